The van der Waals surface area contributed by atoms with Crippen molar-refractivity contribution in [1.29, 1.82) is 0 Å². The monoisotopic (exact) mass is 201 g/mol. The van der Waals surface area contributed by atoms with E-state index in [1.54, 1.807) is 6.92 Å². The van der Waals surface area contributed by atoms with Crippen molar-refractivity contribution >= 4 is 15.6 Å². The van der Waals surface area contributed by atoms with Crippen LogP contribution in [0.3, 0.4) is 0 Å². The molecule has 2 unspecified atom stereocenters. The molecule has 0 aromatic rings. The average molecular weight is 201 g/mol. The van der Waals surface area contributed by atoms with Crippen LogP contribution in [0.5, 0.6) is 0 Å². The lowest BCUT2D eigenvalue weighted by Gasteiger charge is -2.04. The molecule has 0 aliphatic heterocycles. The minimum Gasteiger partial charge on any atom is -0.321 e. The summed E-state index contributed by atoms with van der Waals surface area (Å²) in [5.74, 6) is 0. The highest BCUT2D eigenvalue weighted by atomic mass is 31.2. The molecule has 0 aliphatic rings. The van der Waals surface area contributed by atoms with Crippen molar-refractivity contribution in [2.45, 2.75) is 25.2 Å². The number of rotatable bonds is 4. The Morgan fingerprint density at radius 2 is 2.00 bits per heavy atom. The SMILES string of the molecule is CCCC([P+](=O)O)P(=O)(O)O. The maximum Gasteiger partial charge on any atom is 0.521 e. The third-order valence-electron chi connectivity index (χ3n) is 1.19. The highest BCUT2D eigenvalue weighted by Crippen LogP contribution is 2.53. The van der Waals surface area contributed by atoms with Gasteiger partial charge in [-0.1, -0.05) is 13.3 Å². The van der Waals surface area contributed by atoms with Crippen LogP contribution >= 0.6 is 15.6 Å². The fraction of sp³-hybridized carbons (Fsp3) is 1.00. The van der Waals surface area contributed by atoms with Crippen LogP contribution in [0, 0.1) is 0 Å². The van der Waals surface area contributed by atoms with Gasteiger partial charge in [0.25, 0.3) is 5.40 Å². The summed E-state index contributed by atoms with van der Waals surface area (Å²) in [6.07, 6.45) is 0.563. The van der Waals surface area contributed by atoms with Gasteiger partial charge >= 0.3 is 15.6 Å². The maximum absolute atomic E-state index is 10.5. The molecule has 0 aromatic carbocycles. The Hall–Kier alpha value is 0.210. The topological polar surface area (TPSA) is 94.8 Å². The summed E-state index contributed by atoms with van der Waals surface area (Å²) in [5, 5.41) is -1.39. The fourth-order valence-corrected chi connectivity index (χ4v) is 2.77. The molecule has 0 heterocycles. The van der Waals surface area contributed by atoms with Crippen LogP contribution in [-0.2, 0) is 9.13 Å². The van der Waals surface area contributed by atoms with E-state index in [-0.39, 0.29) is 6.42 Å². The summed E-state index contributed by atoms with van der Waals surface area (Å²) in [5.41, 5.74) is 0. The molecule has 0 amide bonds. The highest BCUT2D eigenvalue weighted by Gasteiger charge is 2.44. The van der Waals surface area contributed by atoms with Crippen LogP contribution in [0.4, 0.5) is 0 Å². The second-order valence-electron chi connectivity index (χ2n) is 2.16. The summed E-state index contributed by atoms with van der Waals surface area (Å²) in [4.78, 5) is 25.6. The Morgan fingerprint density at radius 1 is 1.55 bits per heavy atom. The molecule has 5 nitrogen and oxygen atoms in total. The summed E-state index contributed by atoms with van der Waals surface area (Å²) in [6, 6.07) is 0. The number of hydrogen-bond donors (Lipinski definition) is 3. The van der Waals surface area contributed by atoms with Gasteiger partial charge in [0.15, 0.2) is 0 Å². The van der Waals surface area contributed by atoms with Gasteiger partial charge in [-0.15, -0.1) is 0 Å². The van der Waals surface area contributed by atoms with E-state index < -0.39 is 21.0 Å². The van der Waals surface area contributed by atoms with E-state index >= 15 is 0 Å². The van der Waals surface area contributed by atoms with Crippen LogP contribution in [0.25, 0.3) is 0 Å². The predicted octanol–water partition coefficient (Wildman–Crippen LogP) is 1.02. The zero-order valence-electron chi connectivity index (χ0n) is 6.04. The summed E-state index contributed by atoms with van der Waals surface area (Å²) >= 11 is 0. The molecule has 0 saturated heterocycles. The molecular formula is C4H11O5P2+. The third kappa shape index (κ3) is 3.94. The van der Waals surface area contributed by atoms with E-state index in [0.29, 0.717) is 6.42 Å². The molecule has 7 heteroatoms. The van der Waals surface area contributed by atoms with E-state index in [4.69, 9.17) is 14.7 Å². The quantitative estimate of drug-likeness (QED) is 0.590. The van der Waals surface area contributed by atoms with Gasteiger partial charge in [0.1, 0.15) is 0 Å². The van der Waals surface area contributed by atoms with E-state index in [9.17, 15) is 9.13 Å². The molecule has 0 spiro atoms. The predicted molar refractivity (Wildman–Crippen MR) is 40.6 cm³/mol. The number of hydrogen-bond acceptors (Lipinski definition) is 2. The van der Waals surface area contributed by atoms with E-state index in [2.05, 4.69) is 0 Å². The average Bonchev–Trinajstić information content (AvgIpc) is 1.79. The molecule has 0 fully saturated rings. The second-order valence-corrected chi connectivity index (χ2v) is 5.60. The zero-order chi connectivity index (χ0) is 9.07. The molecule has 2 atom stereocenters. The highest BCUT2D eigenvalue weighted by molar-refractivity contribution is 7.65. The minimum atomic E-state index is -4.38. The van der Waals surface area contributed by atoms with E-state index in [1.165, 1.54) is 0 Å². The van der Waals surface area contributed by atoms with Crippen LogP contribution in [0.2, 0.25) is 0 Å². The van der Waals surface area contributed by atoms with Crippen LogP contribution in [0.1, 0.15) is 19.8 Å². The smallest absolute Gasteiger partial charge is 0.321 e. The van der Waals surface area contributed by atoms with Gasteiger partial charge < -0.3 is 9.79 Å². The van der Waals surface area contributed by atoms with Crippen LogP contribution in [-0.4, -0.2) is 20.1 Å². The Bertz CT molecular complexity index is 185. The van der Waals surface area contributed by atoms with Crippen LogP contribution < -0.4 is 0 Å². The van der Waals surface area contributed by atoms with Crippen molar-refractivity contribution < 1.29 is 23.8 Å². The Labute approximate surface area is 65.5 Å². The van der Waals surface area contributed by atoms with E-state index in [1.807, 2.05) is 0 Å². The van der Waals surface area contributed by atoms with Crippen molar-refractivity contribution in [3.05, 3.63) is 0 Å². The third-order valence-corrected chi connectivity index (χ3v) is 4.49. The van der Waals surface area contributed by atoms with Crippen molar-refractivity contribution in [2.75, 3.05) is 0 Å². The molecule has 0 aromatic heterocycles. The first-order chi connectivity index (χ1) is 4.89. The lowest BCUT2D eigenvalue weighted by Crippen LogP contribution is -2.02. The molecule has 66 valence electrons. The van der Waals surface area contributed by atoms with E-state index in [0.717, 1.165) is 0 Å². The van der Waals surface area contributed by atoms with Gasteiger partial charge in [-0.05, 0) is 4.57 Å². The first kappa shape index (κ1) is 11.2. The maximum atomic E-state index is 10.5. The standard InChI is InChI=1S/C4H10O5P2/c1-2-3-4(10(5)6)11(7,8)9/h4H,2-3H2,1H3,(H2-,5,6,7,8,9)/p+1. The Kier molecular flexibility index (Phi) is 4.37. The minimum absolute atomic E-state index is 0.0793. The molecule has 0 saturated carbocycles. The molecular weight excluding hydrogens is 190 g/mol. The van der Waals surface area contributed by atoms with Gasteiger partial charge in [-0.2, -0.15) is 4.89 Å². The van der Waals surface area contributed by atoms with Gasteiger partial charge in [-0.25, -0.2) is 0 Å². The lowest BCUT2D eigenvalue weighted by atomic mass is 10.4. The molecule has 0 aliphatic carbocycles. The van der Waals surface area contributed by atoms with Crippen LogP contribution in [0.15, 0.2) is 0 Å². The fourth-order valence-electron chi connectivity index (χ4n) is 0.665. The molecule has 11 heavy (non-hydrogen) atoms. The van der Waals surface area contributed by atoms with Crippen molar-refractivity contribution in [1.82, 2.24) is 0 Å². The van der Waals surface area contributed by atoms with Gasteiger partial charge in [-0.3, -0.25) is 4.57 Å². The molecule has 0 radical (unpaired) electrons. The summed E-state index contributed by atoms with van der Waals surface area (Å²) < 4.78 is 20.9. The Balaban J connectivity index is 4.35. The van der Waals surface area contributed by atoms with Gasteiger partial charge in [0, 0.05) is 6.42 Å². The largest absolute Gasteiger partial charge is 0.521 e. The molecule has 0 rings (SSSR count). The normalized spacial score (nSPS) is 16.2. The summed E-state index contributed by atoms with van der Waals surface area (Å²) in [7, 11) is -7.15. The van der Waals surface area contributed by atoms with Gasteiger partial charge in [0.05, 0.1) is 0 Å². The van der Waals surface area contributed by atoms with Crippen molar-refractivity contribution in [3.63, 3.8) is 0 Å². The van der Waals surface area contributed by atoms with Gasteiger partial charge in [0.2, 0.25) is 0 Å². The summed E-state index contributed by atoms with van der Waals surface area (Å²) in [6.45, 7) is 1.70. The molecule has 0 bridgehead atoms. The Morgan fingerprint density at radius 3 is 2.09 bits per heavy atom. The first-order valence-electron chi connectivity index (χ1n) is 3.10. The second kappa shape index (κ2) is 4.29. The van der Waals surface area contributed by atoms with Crippen molar-refractivity contribution in [3.8, 4) is 0 Å². The molecule has 3 N–H and O–H groups in total. The zero-order valence-corrected chi connectivity index (χ0v) is 7.83. The van der Waals surface area contributed by atoms with Crippen molar-refractivity contribution in [2.24, 2.45) is 0 Å². The first-order valence-corrected chi connectivity index (χ1v) is 6.06. The lowest BCUT2D eigenvalue weighted by molar-refractivity contribution is 0.362.